The minimum atomic E-state index is -4.32. The molecule has 11 heteroatoms. The highest BCUT2D eigenvalue weighted by atomic mass is 35.5. The zero-order valence-electron chi connectivity index (χ0n) is 20.2. The summed E-state index contributed by atoms with van der Waals surface area (Å²) >= 11 is 5.93. The number of anilines is 1. The van der Waals surface area contributed by atoms with E-state index in [1.54, 1.807) is 23.0 Å². The zero-order valence-corrected chi connectivity index (χ0v) is 21.8. The fourth-order valence-corrected chi connectivity index (χ4v) is 6.18. The summed E-state index contributed by atoms with van der Waals surface area (Å²) < 4.78 is 57.5. The van der Waals surface area contributed by atoms with Crippen molar-refractivity contribution < 1.29 is 22.0 Å². The highest BCUT2D eigenvalue weighted by Gasteiger charge is 2.38. The molecule has 1 fully saturated rings. The van der Waals surface area contributed by atoms with Gasteiger partial charge in [-0.3, -0.25) is 9.29 Å². The molecule has 196 valence electrons. The molecule has 7 nitrogen and oxygen atoms in total. The maximum Gasteiger partial charge on any atom is 0.319 e. The predicted octanol–water partition coefficient (Wildman–Crippen LogP) is 4.97. The molecular formula is C26H27ClF2N4O3S. The van der Waals surface area contributed by atoms with E-state index in [0.717, 1.165) is 28.2 Å². The van der Waals surface area contributed by atoms with E-state index in [0.29, 0.717) is 37.4 Å². The summed E-state index contributed by atoms with van der Waals surface area (Å²) in [7, 11) is -2.65. The van der Waals surface area contributed by atoms with Gasteiger partial charge in [0.15, 0.2) is 0 Å². The van der Waals surface area contributed by atoms with Crippen molar-refractivity contribution in [2.24, 2.45) is 0 Å². The van der Waals surface area contributed by atoms with Gasteiger partial charge in [0.25, 0.3) is 10.0 Å². The standard InChI is InChI=1S/C26H27ClF2N4O3S/c1-31(16-13-21-5-2-3-14-30-21)26(34)32-15-4-6-22(18-32)33(25-17-20(28)9-12-24(25)29)37(35,36)23-10-7-19(27)8-11-23/h2-3,5,7-12,14,17,22H,4,6,13,15-16,18H2,1H3. The molecule has 2 heterocycles. The van der Waals surface area contributed by atoms with Gasteiger partial charge in [0.2, 0.25) is 0 Å². The number of likely N-dealkylation sites (tertiary alicyclic amines) is 1. The van der Waals surface area contributed by atoms with E-state index < -0.39 is 33.4 Å². The summed E-state index contributed by atoms with van der Waals surface area (Å²) in [4.78, 5) is 20.5. The van der Waals surface area contributed by atoms with Crippen LogP contribution >= 0.6 is 11.6 Å². The normalized spacial score (nSPS) is 15.9. The van der Waals surface area contributed by atoms with Crippen molar-refractivity contribution >= 4 is 33.3 Å². The molecule has 0 radical (unpaired) electrons. The van der Waals surface area contributed by atoms with Crippen LogP contribution in [-0.4, -0.2) is 62.0 Å². The number of sulfonamides is 1. The number of aromatic nitrogens is 1. The molecule has 2 amide bonds. The van der Waals surface area contributed by atoms with Crippen LogP contribution in [0.2, 0.25) is 5.02 Å². The van der Waals surface area contributed by atoms with Crippen LogP contribution in [0, 0.1) is 11.6 Å². The number of carbonyl (C=O) groups is 1. The maximum absolute atomic E-state index is 14.9. The van der Waals surface area contributed by atoms with Crippen LogP contribution < -0.4 is 4.31 Å². The van der Waals surface area contributed by atoms with Gasteiger partial charge in [0.05, 0.1) is 16.6 Å². The number of benzene rings is 2. The molecule has 4 rings (SSSR count). The van der Waals surface area contributed by atoms with Crippen molar-refractivity contribution in [3.63, 3.8) is 0 Å². The largest absolute Gasteiger partial charge is 0.327 e. The van der Waals surface area contributed by atoms with Crippen LogP contribution in [0.1, 0.15) is 18.5 Å². The number of piperidine rings is 1. The van der Waals surface area contributed by atoms with E-state index in [4.69, 9.17) is 11.6 Å². The Labute approximate surface area is 220 Å². The molecule has 0 saturated carbocycles. The van der Waals surface area contributed by atoms with E-state index in [1.165, 1.54) is 24.3 Å². The molecule has 0 bridgehead atoms. The Balaban J connectivity index is 1.60. The summed E-state index contributed by atoms with van der Waals surface area (Å²) in [6.45, 7) is 0.863. The van der Waals surface area contributed by atoms with E-state index in [9.17, 15) is 22.0 Å². The molecule has 1 aliphatic heterocycles. The molecule has 1 saturated heterocycles. The number of urea groups is 1. The fourth-order valence-electron chi connectivity index (χ4n) is 4.38. The third-order valence-corrected chi connectivity index (χ3v) is 8.40. The summed E-state index contributed by atoms with van der Waals surface area (Å²) in [5.74, 6) is -1.65. The molecule has 1 atom stereocenters. The highest BCUT2D eigenvalue weighted by molar-refractivity contribution is 7.92. The van der Waals surface area contributed by atoms with Gasteiger partial charge in [-0.25, -0.2) is 22.0 Å². The summed E-state index contributed by atoms with van der Waals surface area (Å²) in [5.41, 5.74) is 0.443. The van der Waals surface area contributed by atoms with Gasteiger partial charge in [-0.05, 0) is 61.4 Å². The maximum atomic E-state index is 14.9. The summed E-state index contributed by atoms with van der Waals surface area (Å²) in [6.07, 6.45) is 3.11. The summed E-state index contributed by atoms with van der Waals surface area (Å²) in [5, 5.41) is 0.339. The molecule has 0 spiro atoms. The average Bonchev–Trinajstić information content (AvgIpc) is 2.90. The first-order valence-corrected chi connectivity index (χ1v) is 13.6. The first kappa shape index (κ1) is 26.8. The predicted molar refractivity (Wildman–Crippen MR) is 138 cm³/mol. The van der Waals surface area contributed by atoms with E-state index >= 15 is 0 Å². The monoisotopic (exact) mass is 548 g/mol. The van der Waals surface area contributed by atoms with Gasteiger partial charge in [-0.15, -0.1) is 0 Å². The van der Waals surface area contributed by atoms with Gasteiger partial charge < -0.3 is 9.80 Å². The lowest BCUT2D eigenvalue weighted by Gasteiger charge is -2.40. The molecule has 1 aliphatic rings. The minimum Gasteiger partial charge on any atom is -0.327 e. The number of nitrogens with zero attached hydrogens (tertiary/aromatic N) is 4. The third kappa shape index (κ3) is 6.19. The van der Waals surface area contributed by atoms with Crippen LogP contribution in [-0.2, 0) is 16.4 Å². The van der Waals surface area contributed by atoms with Crippen molar-refractivity contribution in [3.8, 4) is 0 Å². The van der Waals surface area contributed by atoms with Crippen molar-refractivity contribution in [1.82, 2.24) is 14.8 Å². The number of pyridine rings is 1. The Bertz CT molecular complexity index is 1340. The second-order valence-corrected chi connectivity index (χ2v) is 11.1. The third-order valence-electron chi connectivity index (χ3n) is 6.27. The molecule has 1 aromatic heterocycles. The quantitative estimate of drug-likeness (QED) is 0.418. The molecule has 37 heavy (non-hydrogen) atoms. The van der Waals surface area contributed by atoms with Crippen molar-refractivity contribution in [2.45, 2.75) is 30.2 Å². The number of carbonyl (C=O) groups excluding carboxylic acids is 1. The molecule has 0 aliphatic carbocycles. The van der Waals surface area contributed by atoms with Crippen LogP contribution in [0.15, 0.2) is 71.8 Å². The lowest BCUT2D eigenvalue weighted by molar-refractivity contribution is 0.148. The average molecular weight is 549 g/mol. The van der Waals surface area contributed by atoms with Gasteiger partial charge in [0, 0.05) is 56.1 Å². The molecule has 0 N–H and O–H groups in total. The number of rotatable bonds is 7. The molecule has 1 unspecified atom stereocenters. The lowest BCUT2D eigenvalue weighted by Crippen LogP contribution is -2.54. The van der Waals surface area contributed by atoms with E-state index in [-0.39, 0.29) is 17.5 Å². The Kier molecular flexibility index (Phi) is 8.29. The van der Waals surface area contributed by atoms with Gasteiger partial charge in [-0.2, -0.15) is 0 Å². The number of hydrogen-bond donors (Lipinski definition) is 0. The fraction of sp³-hybridized carbons (Fsp3) is 0.308. The Morgan fingerprint density at radius 2 is 1.89 bits per heavy atom. The first-order valence-electron chi connectivity index (χ1n) is 11.8. The van der Waals surface area contributed by atoms with Crippen molar-refractivity contribution in [1.29, 1.82) is 0 Å². The van der Waals surface area contributed by atoms with Crippen LogP contribution in [0.5, 0.6) is 0 Å². The molecule has 3 aromatic rings. The topological polar surface area (TPSA) is 73.8 Å². The van der Waals surface area contributed by atoms with Gasteiger partial charge >= 0.3 is 6.03 Å². The zero-order chi connectivity index (χ0) is 26.6. The Morgan fingerprint density at radius 3 is 2.59 bits per heavy atom. The summed E-state index contributed by atoms with van der Waals surface area (Å²) in [6, 6.07) is 12.7. The van der Waals surface area contributed by atoms with Crippen molar-refractivity contribution in [2.75, 3.05) is 31.0 Å². The van der Waals surface area contributed by atoms with E-state index in [2.05, 4.69) is 4.98 Å². The number of hydrogen-bond acceptors (Lipinski definition) is 4. The van der Waals surface area contributed by atoms with Gasteiger partial charge in [0.1, 0.15) is 11.6 Å². The Morgan fingerprint density at radius 1 is 1.14 bits per heavy atom. The smallest absolute Gasteiger partial charge is 0.319 e. The lowest BCUT2D eigenvalue weighted by atomic mass is 10.1. The SMILES string of the molecule is CN(CCc1ccccn1)C(=O)N1CCCC(N(c2cc(F)ccc2F)S(=O)(=O)c2ccc(Cl)cc2)C1. The number of likely N-dealkylation sites (N-methyl/N-ethyl adjacent to an activating group) is 1. The van der Waals surface area contributed by atoms with Crippen LogP contribution in [0.25, 0.3) is 0 Å². The Hall–Kier alpha value is -3.24. The van der Waals surface area contributed by atoms with E-state index in [1.807, 2.05) is 18.2 Å². The minimum absolute atomic E-state index is 0.0233. The number of halogens is 3. The van der Waals surface area contributed by atoms with Crippen molar-refractivity contribution in [3.05, 3.63) is 89.2 Å². The number of amides is 2. The first-order chi connectivity index (χ1) is 17.7. The molecular weight excluding hydrogens is 522 g/mol. The molecule has 2 aromatic carbocycles. The second-order valence-electron chi connectivity index (χ2n) is 8.87. The highest BCUT2D eigenvalue weighted by Crippen LogP contribution is 2.33. The van der Waals surface area contributed by atoms with Crippen LogP contribution in [0.3, 0.4) is 0 Å². The van der Waals surface area contributed by atoms with Crippen LogP contribution in [0.4, 0.5) is 19.3 Å². The second kappa shape index (κ2) is 11.4. The van der Waals surface area contributed by atoms with Gasteiger partial charge in [-0.1, -0.05) is 17.7 Å².